The number of ether oxygens (including phenoxy) is 3. The van der Waals surface area contributed by atoms with Crippen LogP contribution in [0.2, 0.25) is 5.02 Å². The van der Waals surface area contributed by atoms with Crippen molar-refractivity contribution < 1.29 is 14.2 Å². The molecule has 0 saturated carbocycles. The van der Waals surface area contributed by atoms with E-state index in [1.807, 2.05) is 48.5 Å². The molecular formula is C27H30ClN5O3S. The predicted octanol–water partition coefficient (Wildman–Crippen LogP) is 4.79. The van der Waals surface area contributed by atoms with Gasteiger partial charge in [0.05, 0.1) is 13.2 Å². The van der Waals surface area contributed by atoms with Crippen LogP contribution in [0.3, 0.4) is 0 Å². The molecule has 1 aromatic heterocycles. The largest absolute Gasteiger partial charge is 0.439 e. The van der Waals surface area contributed by atoms with Crippen LogP contribution in [0.15, 0.2) is 60.7 Å². The molecule has 3 aromatic rings. The summed E-state index contributed by atoms with van der Waals surface area (Å²) < 4.78 is 17.2. The first-order valence-corrected chi connectivity index (χ1v) is 13.2. The summed E-state index contributed by atoms with van der Waals surface area (Å²) in [5.41, 5.74) is 1.12. The number of hydrogen-bond donors (Lipinski definition) is 2. The molecule has 3 heterocycles. The van der Waals surface area contributed by atoms with Gasteiger partial charge in [0.2, 0.25) is 11.8 Å². The molecule has 37 heavy (non-hydrogen) atoms. The second kappa shape index (κ2) is 12.0. The summed E-state index contributed by atoms with van der Waals surface area (Å²) in [7, 11) is 0. The van der Waals surface area contributed by atoms with Crippen LogP contribution in [0.25, 0.3) is 0 Å². The Morgan fingerprint density at radius 2 is 1.68 bits per heavy atom. The Labute approximate surface area is 227 Å². The third-order valence-electron chi connectivity index (χ3n) is 6.71. The van der Waals surface area contributed by atoms with Gasteiger partial charge in [-0.15, -0.1) is 0 Å². The van der Waals surface area contributed by atoms with Crippen LogP contribution in [0.5, 0.6) is 11.6 Å². The fraction of sp³-hybridized carbons (Fsp3) is 0.370. The summed E-state index contributed by atoms with van der Waals surface area (Å²) in [6, 6.07) is 19.5. The number of para-hydroxylation sites is 1. The zero-order valence-electron chi connectivity index (χ0n) is 20.5. The van der Waals surface area contributed by atoms with Gasteiger partial charge in [0.15, 0.2) is 5.11 Å². The molecular weight excluding hydrogens is 510 g/mol. The molecule has 0 unspecified atom stereocenters. The third-order valence-corrected chi connectivity index (χ3v) is 7.21. The summed E-state index contributed by atoms with van der Waals surface area (Å²) in [6.07, 6.45) is 1.78. The Hall–Kier alpha value is -2.98. The first-order valence-electron chi connectivity index (χ1n) is 12.4. The minimum absolute atomic E-state index is 0.104. The molecule has 0 radical (unpaired) electrons. The van der Waals surface area contributed by atoms with E-state index in [9.17, 15) is 0 Å². The minimum atomic E-state index is -0.104. The Morgan fingerprint density at radius 1 is 0.973 bits per heavy atom. The van der Waals surface area contributed by atoms with Crippen LogP contribution in [-0.2, 0) is 14.9 Å². The number of benzene rings is 2. The molecule has 0 atom stereocenters. The Morgan fingerprint density at radius 3 is 2.41 bits per heavy atom. The number of halogens is 1. The summed E-state index contributed by atoms with van der Waals surface area (Å²) in [5, 5.41) is 7.75. The van der Waals surface area contributed by atoms with Crippen molar-refractivity contribution >= 4 is 40.7 Å². The van der Waals surface area contributed by atoms with E-state index in [1.165, 1.54) is 5.56 Å². The number of nitrogens with zero attached hydrogens (tertiary/aromatic N) is 3. The van der Waals surface area contributed by atoms with Gasteiger partial charge in [0.1, 0.15) is 11.6 Å². The van der Waals surface area contributed by atoms with Gasteiger partial charge in [-0.05, 0) is 54.9 Å². The molecule has 0 amide bonds. The van der Waals surface area contributed by atoms with Gasteiger partial charge in [-0.2, -0.15) is 9.97 Å². The second-order valence-electron chi connectivity index (χ2n) is 9.11. The highest BCUT2D eigenvalue weighted by Gasteiger charge is 2.34. The van der Waals surface area contributed by atoms with Crippen LogP contribution >= 0.6 is 23.8 Å². The number of morpholine rings is 1. The van der Waals surface area contributed by atoms with Crippen molar-refractivity contribution in [2.75, 3.05) is 56.3 Å². The van der Waals surface area contributed by atoms with Gasteiger partial charge in [0.25, 0.3) is 0 Å². The summed E-state index contributed by atoms with van der Waals surface area (Å²) in [5.74, 6) is 2.27. The number of rotatable bonds is 7. The molecule has 2 N–H and O–H groups in total. The van der Waals surface area contributed by atoms with Crippen molar-refractivity contribution in [2.24, 2.45) is 0 Å². The maximum Gasteiger partial charge on any atom is 0.234 e. The zero-order chi connectivity index (χ0) is 25.5. The topological polar surface area (TPSA) is 80.8 Å². The SMILES string of the molecule is S=C(NCC1(c2ccc(Cl)cc2)CCOCC1)Nc1nc(Oc2ccccc2)cc(N2CCOCC2)n1. The second-order valence-corrected chi connectivity index (χ2v) is 9.95. The summed E-state index contributed by atoms with van der Waals surface area (Å²) >= 11 is 11.8. The summed E-state index contributed by atoms with van der Waals surface area (Å²) in [4.78, 5) is 11.5. The van der Waals surface area contributed by atoms with Crippen molar-refractivity contribution in [1.29, 1.82) is 0 Å². The lowest BCUT2D eigenvalue weighted by molar-refractivity contribution is 0.0515. The quantitative estimate of drug-likeness (QED) is 0.412. The molecule has 2 aliphatic heterocycles. The molecule has 2 saturated heterocycles. The Kier molecular flexibility index (Phi) is 8.35. The molecule has 5 rings (SSSR count). The van der Waals surface area contributed by atoms with Gasteiger partial charge in [-0.3, -0.25) is 0 Å². The van der Waals surface area contributed by atoms with E-state index in [-0.39, 0.29) is 5.41 Å². The van der Waals surface area contributed by atoms with E-state index in [2.05, 4.69) is 32.7 Å². The first-order chi connectivity index (χ1) is 18.1. The van der Waals surface area contributed by atoms with Crippen LogP contribution in [0.1, 0.15) is 18.4 Å². The molecule has 0 bridgehead atoms. The van der Waals surface area contributed by atoms with Crippen LogP contribution < -0.4 is 20.3 Å². The average molecular weight is 540 g/mol. The molecule has 194 valence electrons. The lowest BCUT2D eigenvalue weighted by Crippen LogP contribution is -2.45. The van der Waals surface area contributed by atoms with Crippen LogP contribution in [-0.4, -0.2) is 61.1 Å². The van der Waals surface area contributed by atoms with E-state index < -0.39 is 0 Å². The number of anilines is 2. The van der Waals surface area contributed by atoms with E-state index >= 15 is 0 Å². The van der Waals surface area contributed by atoms with E-state index in [0.29, 0.717) is 55.7 Å². The van der Waals surface area contributed by atoms with Crippen LogP contribution in [0, 0.1) is 0 Å². The van der Waals surface area contributed by atoms with Gasteiger partial charge in [-0.1, -0.05) is 41.9 Å². The normalized spacial score (nSPS) is 17.2. The standard InChI is InChI=1S/C27H30ClN5O3S/c28-21-8-6-20(7-9-21)27(10-14-34-15-11-27)19-29-26(37)32-25-30-23(33-12-16-35-17-13-33)18-24(31-25)36-22-4-2-1-3-5-22/h1-9,18H,10-17,19H2,(H2,29,30,31,32,37). The molecule has 0 aliphatic carbocycles. The lowest BCUT2D eigenvalue weighted by atomic mass is 9.74. The van der Waals surface area contributed by atoms with Crippen molar-refractivity contribution in [3.63, 3.8) is 0 Å². The smallest absolute Gasteiger partial charge is 0.234 e. The Balaban J connectivity index is 1.32. The fourth-order valence-corrected chi connectivity index (χ4v) is 4.90. The van der Waals surface area contributed by atoms with Crippen molar-refractivity contribution in [2.45, 2.75) is 18.3 Å². The maximum absolute atomic E-state index is 6.14. The van der Waals surface area contributed by atoms with Crippen LogP contribution in [0.4, 0.5) is 11.8 Å². The van der Waals surface area contributed by atoms with Crippen molar-refractivity contribution in [3.05, 3.63) is 71.2 Å². The van der Waals surface area contributed by atoms with Gasteiger partial charge < -0.3 is 29.7 Å². The van der Waals surface area contributed by atoms with Crippen molar-refractivity contribution in [3.8, 4) is 11.6 Å². The van der Waals surface area contributed by atoms with Crippen molar-refractivity contribution in [1.82, 2.24) is 15.3 Å². The molecule has 8 nitrogen and oxygen atoms in total. The third kappa shape index (κ3) is 6.67. The molecule has 0 spiro atoms. The fourth-order valence-electron chi connectivity index (χ4n) is 4.61. The number of aromatic nitrogens is 2. The highest BCUT2D eigenvalue weighted by Crippen LogP contribution is 2.35. The van der Waals surface area contributed by atoms with E-state index in [4.69, 9.17) is 43.0 Å². The number of thiocarbonyl (C=S) groups is 1. The molecule has 10 heteroatoms. The summed E-state index contributed by atoms with van der Waals surface area (Å²) in [6.45, 7) is 4.85. The van der Waals surface area contributed by atoms with Gasteiger partial charge >= 0.3 is 0 Å². The van der Waals surface area contributed by atoms with E-state index in [0.717, 1.165) is 36.8 Å². The number of nitrogens with one attached hydrogen (secondary N) is 2. The Bertz CT molecular complexity index is 1190. The van der Waals surface area contributed by atoms with Gasteiger partial charge in [-0.25, -0.2) is 0 Å². The lowest BCUT2D eigenvalue weighted by Gasteiger charge is -2.38. The number of hydrogen-bond acceptors (Lipinski definition) is 7. The predicted molar refractivity (Wildman–Crippen MR) is 149 cm³/mol. The molecule has 2 fully saturated rings. The maximum atomic E-state index is 6.14. The van der Waals surface area contributed by atoms with E-state index in [1.54, 1.807) is 0 Å². The molecule has 2 aliphatic rings. The van der Waals surface area contributed by atoms with Gasteiger partial charge in [0, 0.05) is 49.4 Å². The monoisotopic (exact) mass is 539 g/mol. The average Bonchev–Trinajstić information content (AvgIpc) is 2.94. The first kappa shape index (κ1) is 25.7. The highest BCUT2D eigenvalue weighted by atomic mass is 35.5. The molecule has 2 aromatic carbocycles. The zero-order valence-corrected chi connectivity index (χ0v) is 22.1. The highest BCUT2D eigenvalue weighted by molar-refractivity contribution is 7.80. The minimum Gasteiger partial charge on any atom is -0.439 e.